The third kappa shape index (κ3) is 6.66. The van der Waals surface area contributed by atoms with E-state index in [2.05, 4.69) is 10.2 Å². The third-order valence-corrected chi connectivity index (χ3v) is 2.54. The largest absolute Gasteiger partial charge is 0.480 e. The zero-order valence-corrected chi connectivity index (χ0v) is 10.4. The Morgan fingerprint density at radius 2 is 2.11 bits per heavy atom. The predicted octanol–water partition coefficient (Wildman–Crippen LogP) is 0.590. The van der Waals surface area contributed by atoms with Gasteiger partial charge in [-0.15, -0.1) is 10.1 Å². The van der Waals surface area contributed by atoms with Gasteiger partial charge in [0, 0.05) is 6.42 Å². The molecule has 0 rings (SSSR count). The predicted molar refractivity (Wildman–Crippen MR) is 61.2 cm³/mol. The Bertz CT molecular complexity index is 307. The first-order valence-corrected chi connectivity index (χ1v) is 5.68. The molecule has 0 aliphatic carbocycles. The van der Waals surface area contributed by atoms with Crippen molar-refractivity contribution >= 4 is 11.9 Å². The number of nitrogens with one attached hydrogen (secondary N) is 1. The molecular weight excluding hydrogens is 244 g/mol. The first kappa shape index (κ1) is 16.1. The molecule has 0 saturated heterocycles. The second-order valence-corrected chi connectivity index (χ2v) is 3.93. The summed E-state index contributed by atoms with van der Waals surface area (Å²) in [5.74, 6) is -1.71. The molecule has 2 N–H and O–H groups in total. The van der Waals surface area contributed by atoms with E-state index < -0.39 is 23.0 Å². The highest BCUT2D eigenvalue weighted by Crippen LogP contribution is 2.08. The minimum Gasteiger partial charge on any atom is -0.480 e. The van der Waals surface area contributed by atoms with Crippen LogP contribution < -0.4 is 5.32 Å². The maximum absolute atomic E-state index is 11.4. The van der Waals surface area contributed by atoms with E-state index in [4.69, 9.17) is 5.11 Å². The van der Waals surface area contributed by atoms with Crippen molar-refractivity contribution in [1.29, 1.82) is 0 Å². The minimum atomic E-state index is -1.08. The van der Waals surface area contributed by atoms with E-state index in [-0.39, 0.29) is 25.4 Å². The lowest BCUT2D eigenvalue weighted by Crippen LogP contribution is -2.45. The molecule has 1 amide bonds. The number of carboxylic acids is 1. The number of hydrogen-bond acceptors (Lipinski definition) is 5. The Morgan fingerprint density at radius 3 is 2.56 bits per heavy atom. The molecule has 8 nitrogen and oxygen atoms in total. The molecule has 8 heteroatoms. The zero-order valence-electron chi connectivity index (χ0n) is 10.4. The topological polar surface area (TPSA) is 119 Å². The van der Waals surface area contributed by atoms with Crippen molar-refractivity contribution in [2.45, 2.75) is 39.2 Å². The maximum atomic E-state index is 11.4. The Balaban J connectivity index is 4.03. The van der Waals surface area contributed by atoms with E-state index in [1.807, 2.05) is 6.92 Å². The molecule has 0 aliphatic heterocycles. The SMILES string of the molecule is CCC(C)C(NC(=O)CCCO[N+](=O)[O-])C(=O)O. The number of rotatable bonds is 9. The summed E-state index contributed by atoms with van der Waals surface area (Å²) in [5, 5.41) is 20.2. The Morgan fingerprint density at radius 1 is 1.50 bits per heavy atom. The van der Waals surface area contributed by atoms with Crippen LogP contribution in [0.5, 0.6) is 0 Å². The van der Waals surface area contributed by atoms with Crippen molar-refractivity contribution in [2.24, 2.45) is 5.92 Å². The fraction of sp³-hybridized carbons (Fsp3) is 0.800. The summed E-state index contributed by atoms with van der Waals surface area (Å²) in [6, 6.07) is -0.932. The zero-order chi connectivity index (χ0) is 14.1. The van der Waals surface area contributed by atoms with Gasteiger partial charge in [-0.25, -0.2) is 4.79 Å². The summed E-state index contributed by atoms with van der Waals surface area (Å²) in [5.41, 5.74) is 0. The van der Waals surface area contributed by atoms with Gasteiger partial charge in [-0.3, -0.25) is 4.79 Å². The average molecular weight is 262 g/mol. The van der Waals surface area contributed by atoms with Crippen LogP contribution in [-0.2, 0) is 14.4 Å². The van der Waals surface area contributed by atoms with Crippen LogP contribution in [0.25, 0.3) is 0 Å². The standard InChI is InChI=1S/C10H18N2O6/c1-3-7(2)9(10(14)15)11-8(13)5-4-6-18-12(16)17/h7,9H,3-6H2,1-2H3,(H,11,13)(H,14,15). The molecule has 0 fully saturated rings. The van der Waals surface area contributed by atoms with E-state index in [1.54, 1.807) is 6.92 Å². The Kier molecular flexibility index (Phi) is 7.41. The van der Waals surface area contributed by atoms with Crippen LogP contribution in [0.15, 0.2) is 0 Å². The van der Waals surface area contributed by atoms with E-state index in [1.165, 1.54) is 0 Å². The summed E-state index contributed by atoms with van der Waals surface area (Å²) in [7, 11) is 0. The first-order valence-electron chi connectivity index (χ1n) is 5.68. The Labute approximate surface area is 104 Å². The van der Waals surface area contributed by atoms with Crippen molar-refractivity contribution in [3.8, 4) is 0 Å². The second-order valence-electron chi connectivity index (χ2n) is 3.93. The normalized spacial score (nSPS) is 13.4. The molecule has 2 unspecified atom stereocenters. The lowest BCUT2D eigenvalue weighted by atomic mass is 9.99. The van der Waals surface area contributed by atoms with Gasteiger partial charge in [0.15, 0.2) is 0 Å². The van der Waals surface area contributed by atoms with Crippen molar-refractivity contribution < 1.29 is 24.6 Å². The van der Waals surface area contributed by atoms with Gasteiger partial charge >= 0.3 is 5.97 Å². The fourth-order valence-electron chi connectivity index (χ4n) is 1.30. The van der Waals surface area contributed by atoms with Crippen LogP contribution >= 0.6 is 0 Å². The number of amides is 1. The number of nitrogens with zero attached hydrogens (tertiary/aromatic N) is 1. The fourth-order valence-corrected chi connectivity index (χ4v) is 1.30. The van der Waals surface area contributed by atoms with E-state index in [9.17, 15) is 19.7 Å². The van der Waals surface area contributed by atoms with Gasteiger partial charge in [0.25, 0.3) is 5.09 Å². The van der Waals surface area contributed by atoms with E-state index in [0.717, 1.165) is 0 Å². The summed E-state index contributed by atoms with van der Waals surface area (Å²) >= 11 is 0. The number of carbonyl (C=O) groups excluding carboxylic acids is 1. The molecule has 0 aromatic carbocycles. The van der Waals surface area contributed by atoms with Gasteiger partial charge in [0.1, 0.15) is 6.04 Å². The van der Waals surface area contributed by atoms with Gasteiger partial charge in [-0.2, -0.15) is 0 Å². The van der Waals surface area contributed by atoms with Crippen LogP contribution in [0.4, 0.5) is 0 Å². The van der Waals surface area contributed by atoms with Crippen molar-refractivity contribution in [2.75, 3.05) is 6.61 Å². The average Bonchev–Trinajstić information content (AvgIpc) is 2.30. The maximum Gasteiger partial charge on any atom is 0.326 e. The summed E-state index contributed by atoms with van der Waals surface area (Å²) in [4.78, 5) is 36.2. The molecule has 0 heterocycles. The molecule has 0 bridgehead atoms. The van der Waals surface area contributed by atoms with Crippen LogP contribution in [0, 0.1) is 16.0 Å². The summed E-state index contributed by atoms with van der Waals surface area (Å²) < 4.78 is 0. The van der Waals surface area contributed by atoms with Gasteiger partial charge in [-0.1, -0.05) is 20.3 Å². The lowest BCUT2D eigenvalue weighted by Gasteiger charge is -2.19. The molecule has 0 aliphatic rings. The smallest absolute Gasteiger partial charge is 0.326 e. The number of carboxylic acid groups (broad SMARTS) is 1. The van der Waals surface area contributed by atoms with Crippen molar-refractivity contribution in [1.82, 2.24) is 5.32 Å². The molecule has 0 aromatic rings. The molecule has 2 atom stereocenters. The number of carbonyl (C=O) groups is 2. The minimum absolute atomic E-state index is 0.00590. The van der Waals surface area contributed by atoms with E-state index in [0.29, 0.717) is 6.42 Å². The van der Waals surface area contributed by atoms with Crippen molar-refractivity contribution in [3.05, 3.63) is 10.1 Å². The molecule has 104 valence electrons. The van der Waals surface area contributed by atoms with Crippen LogP contribution in [0.2, 0.25) is 0 Å². The van der Waals surface area contributed by atoms with Crippen LogP contribution in [0.3, 0.4) is 0 Å². The highest BCUT2D eigenvalue weighted by molar-refractivity contribution is 5.83. The molecular formula is C10H18N2O6. The molecule has 0 saturated carbocycles. The Hall–Kier alpha value is -1.86. The van der Waals surface area contributed by atoms with Crippen LogP contribution in [0.1, 0.15) is 33.1 Å². The highest BCUT2D eigenvalue weighted by atomic mass is 16.9. The number of hydrogen-bond donors (Lipinski definition) is 2. The molecule has 18 heavy (non-hydrogen) atoms. The lowest BCUT2D eigenvalue weighted by molar-refractivity contribution is -0.757. The second kappa shape index (κ2) is 8.26. The summed E-state index contributed by atoms with van der Waals surface area (Å²) in [6.45, 7) is 3.38. The highest BCUT2D eigenvalue weighted by Gasteiger charge is 2.24. The van der Waals surface area contributed by atoms with Gasteiger partial charge in [-0.05, 0) is 12.3 Å². The van der Waals surface area contributed by atoms with Gasteiger partial charge in [0.2, 0.25) is 5.91 Å². The van der Waals surface area contributed by atoms with Gasteiger partial charge < -0.3 is 15.3 Å². The summed E-state index contributed by atoms with van der Waals surface area (Å²) in [6.07, 6.45) is 0.787. The monoisotopic (exact) mass is 262 g/mol. The molecule has 0 spiro atoms. The number of aliphatic carboxylic acids is 1. The molecule has 0 radical (unpaired) electrons. The van der Waals surface area contributed by atoms with E-state index >= 15 is 0 Å². The quantitative estimate of drug-likeness (QED) is 0.356. The van der Waals surface area contributed by atoms with Gasteiger partial charge in [0.05, 0.1) is 6.61 Å². The van der Waals surface area contributed by atoms with Crippen molar-refractivity contribution in [3.63, 3.8) is 0 Å². The van der Waals surface area contributed by atoms with Crippen LogP contribution in [-0.4, -0.2) is 34.7 Å². The first-order chi connectivity index (χ1) is 8.38. The third-order valence-electron chi connectivity index (χ3n) is 2.54. The molecule has 0 aromatic heterocycles.